The molecule has 0 saturated carbocycles. The molecule has 1 rings (SSSR count). The zero-order chi connectivity index (χ0) is 15.2. The van der Waals surface area contributed by atoms with Gasteiger partial charge >= 0.3 is 0 Å². The summed E-state index contributed by atoms with van der Waals surface area (Å²) in [5.41, 5.74) is 0.658. The summed E-state index contributed by atoms with van der Waals surface area (Å²) >= 11 is 6.24. The molecular formula is C12H20ClN3O4. The van der Waals surface area contributed by atoms with Gasteiger partial charge in [-0.05, 0) is 19.1 Å². The molecule has 0 amide bonds. The van der Waals surface area contributed by atoms with Crippen LogP contribution in [0.4, 0.5) is 0 Å². The number of aliphatic hydroxyl groups excluding tert-OH is 2. The molecule has 0 saturated heterocycles. The SMILES string of the molecule is CCN(CCO)C1=CC([N+](=O)[O-])C(Cl)(NCCO)C=C1. The zero-order valence-corrected chi connectivity index (χ0v) is 12.1. The second kappa shape index (κ2) is 7.58. The van der Waals surface area contributed by atoms with Gasteiger partial charge in [0.15, 0.2) is 5.00 Å². The quantitative estimate of drug-likeness (QED) is 0.251. The van der Waals surface area contributed by atoms with E-state index in [9.17, 15) is 10.1 Å². The van der Waals surface area contributed by atoms with Crippen LogP contribution in [0.15, 0.2) is 23.9 Å². The molecule has 3 N–H and O–H groups in total. The van der Waals surface area contributed by atoms with Crippen LogP contribution in [0.25, 0.3) is 0 Å². The van der Waals surface area contributed by atoms with Gasteiger partial charge < -0.3 is 15.1 Å². The number of nitrogens with zero attached hydrogens (tertiary/aromatic N) is 2. The van der Waals surface area contributed by atoms with E-state index in [1.54, 1.807) is 6.08 Å². The van der Waals surface area contributed by atoms with Crippen LogP contribution in [0.3, 0.4) is 0 Å². The van der Waals surface area contributed by atoms with E-state index in [0.29, 0.717) is 18.8 Å². The number of likely N-dealkylation sites (N-methyl/N-ethyl adjacent to an activating group) is 1. The number of nitro groups is 1. The molecule has 0 aromatic heterocycles. The zero-order valence-electron chi connectivity index (χ0n) is 11.3. The highest BCUT2D eigenvalue weighted by molar-refractivity contribution is 6.25. The Bertz CT molecular complexity index is 402. The highest BCUT2D eigenvalue weighted by Gasteiger charge is 2.44. The average Bonchev–Trinajstić information content (AvgIpc) is 2.43. The van der Waals surface area contributed by atoms with E-state index in [0.717, 1.165) is 0 Å². The van der Waals surface area contributed by atoms with Crippen molar-refractivity contribution in [2.75, 3.05) is 32.8 Å². The molecule has 0 fully saturated rings. The lowest BCUT2D eigenvalue weighted by Gasteiger charge is -2.32. The van der Waals surface area contributed by atoms with E-state index < -0.39 is 16.0 Å². The molecule has 0 aliphatic heterocycles. The summed E-state index contributed by atoms with van der Waals surface area (Å²) in [5, 5.41) is 31.8. The van der Waals surface area contributed by atoms with Gasteiger partial charge in [0.1, 0.15) is 0 Å². The first kappa shape index (κ1) is 16.9. The van der Waals surface area contributed by atoms with Crippen LogP contribution in [0.5, 0.6) is 0 Å². The largest absolute Gasteiger partial charge is 0.395 e. The Morgan fingerprint density at radius 1 is 1.55 bits per heavy atom. The van der Waals surface area contributed by atoms with Crippen LogP contribution in [0, 0.1) is 10.1 Å². The molecule has 8 heteroatoms. The molecule has 0 spiro atoms. The Balaban J connectivity index is 2.97. The highest BCUT2D eigenvalue weighted by Crippen LogP contribution is 2.28. The van der Waals surface area contributed by atoms with Crippen molar-refractivity contribution in [3.8, 4) is 0 Å². The summed E-state index contributed by atoms with van der Waals surface area (Å²) in [7, 11) is 0. The van der Waals surface area contributed by atoms with Gasteiger partial charge in [0, 0.05) is 36.3 Å². The number of hydrogen-bond donors (Lipinski definition) is 3. The molecule has 1 aliphatic rings. The van der Waals surface area contributed by atoms with Crippen LogP contribution in [-0.2, 0) is 0 Å². The topological polar surface area (TPSA) is 98.9 Å². The van der Waals surface area contributed by atoms with Gasteiger partial charge in [-0.1, -0.05) is 11.6 Å². The van der Waals surface area contributed by atoms with Gasteiger partial charge in [-0.15, -0.1) is 0 Å². The van der Waals surface area contributed by atoms with E-state index >= 15 is 0 Å². The molecule has 0 heterocycles. The molecule has 0 aromatic rings. The fourth-order valence-corrected chi connectivity index (χ4v) is 2.37. The lowest BCUT2D eigenvalue weighted by Crippen LogP contribution is -2.53. The summed E-state index contributed by atoms with van der Waals surface area (Å²) in [6.45, 7) is 2.90. The second-order valence-corrected chi connectivity index (χ2v) is 5.00. The van der Waals surface area contributed by atoms with Crippen molar-refractivity contribution in [2.24, 2.45) is 0 Å². The molecule has 0 radical (unpaired) electrons. The summed E-state index contributed by atoms with van der Waals surface area (Å²) in [6.07, 6.45) is 4.68. The van der Waals surface area contributed by atoms with Crippen molar-refractivity contribution in [1.82, 2.24) is 10.2 Å². The molecule has 2 unspecified atom stereocenters. The molecule has 0 bridgehead atoms. The third-order valence-electron chi connectivity index (χ3n) is 3.11. The predicted molar refractivity (Wildman–Crippen MR) is 76.0 cm³/mol. The summed E-state index contributed by atoms with van der Waals surface area (Å²) in [4.78, 5) is 11.2. The number of hydrogen-bond acceptors (Lipinski definition) is 6. The van der Waals surface area contributed by atoms with E-state index in [-0.39, 0.29) is 19.8 Å². The molecular weight excluding hydrogens is 286 g/mol. The van der Waals surface area contributed by atoms with Crippen molar-refractivity contribution >= 4 is 11.6 Å². The lowest BCUT2D eigenvalue weighted by molar-refractivity contribution is -0.515. The van der Waals surface area contributed by atoms with Gasteiger partial charge in [-0.25, -0.2) is 0 Å². The summed E-state index contributed by atoms with van der Waals surface area (Å²) in [5.74, 6) is 0. The average molecular weight is 306 g/mol. The van der Waals surface area contributed by atoms with Gasteiger partial charge in [0.05, 0.1) is 13.2 Å². The third-order valence-corrected chi connectivity index (χ3v) is 3.59. The standard InChI is InChI=1S/C12H20ClN3O4/c1-2-15(6-8-18)10-3-4-12(13,14-5-7-17)11(9-10)16(19)20/h3-4,9,11,14,17-18H,2,5-8H2,1H3. The molecule has 0 aromatic carbocycles. The Morgan fingerprint density at radius 3 is 2.75 bits per heavy atom. The third kappa shape index (κ3) is 3.92. The first-order valence-corrected chi connectivity index (χ1v) is 6.81. The van der Waals surface area contributed by atoms with Crippen molar-refractivity contribution in [3.05, 3.63) is 34.0 Å². The molecule has 7 nitrogen and oxygen atoms in total. The van der Waals surface area contributed by atoms with Crippen LogP contribution >= 0.6 is 11.6 Å². The fraction of sp³-hybridized carbons (Fsp3) is 0.667. The summed E-state index contributed by atoms with van der Waals surface area (Å²) in [6, 6.07) is -1.15. The van der Waals surface area contributed by atoms with Gasteiger partial charge in [0.2, 0.25) is 0 Å². The Kier molecular flexibility index (Phi) is 6.41. The van der Waals surface area contributed by atoms with Crippen molar-refractivity contribution < 1.29 is 15.1 Å². The number of aliphatic hydroxyl groups is 2. The number of nitrogens with one attached hydrogen (secondary N) is 1. The monoisotopic (exact) mass is 305 g/mol. The first-order chi connectivity index (χ1) is 9.48. The minimum Gasteiger partial charge on any atom is -0.395 e. The number of alkyl halides is 1. The number of allylic oxidation sites excluding steroid dienone is 1. The Morgan fingerprint density at radius 2 is 2.25 bits per heavy atom. The fourth-order valence-electron chi connectivity index (χ4n) is 2.07. The van der Waals surface area contributed by atoms with Crippen LogP contribution in [0.1, 0.15) is 6.92 Å². The van der Waals surface area contributed by atoms with E-state index in [1.807, 2.05) is 11.8 Å². The van der Waals surface area contributed by atoms with Crippen LogP contribution < -0.4 is 5.32 Å². The Hall–Kier alpha value is -1.15. The van der Waals surface area contributed by atoms with Crippen molar-refractivity contribution in [2.45, 2.75) is 18.0 Å². The Labute approximate surface area is 122 Å². The smallest absolute Gasteiger partial charge is 0.268 e. The van der Waals surface area contributed by atoms with Crippen LogP contribution in [-0.4, -0.2) is 63.9 Å². The lowest BCUT2D eigenvalue weighted by atomic mass is 10.00. The molecule has 20 heavy (non-hydrogen) atoms. The minimum absolute atomic E-state index is 0.0308. The van der Waals surface area contributed by atoms with Crippen LogP contribution in [0.2, 0.25) is 0 Å². The molecule has 2 atom stereocenters. The van der Waals surface area contributed by atoms with E-state index in [1.165, 1.54) is 12.2 Å². The maximum absolute atomic E-state index is 11.2. The van der Waals surface area contributed by atoms with Gasteiger partial charge in [0.25, 0.3) is 6.04 Å². The van der Waals surface area contributed by atoms with Gasteiger partial charge in [-0.2, -0.15) is 0 Å². The minimum atomic E-state index is -1.35. The molecule has 114 valence electrons. The normalized spacial score (nSPS) is 25.4. The number of rotatable bonds is 8. The first-order valence-electron chi connectivity index (χ1n) is 6.43. The van der Waals surface area contributed by atoms with E-state index in [4.69, 9.17) is 21.8 Å². The van der Waals surface area contributed by atoms with Crippen molar-refractivity contribution in [3.63, 3.8) is 0 Å². The maximum Gasteiger partial charge on any atom is 0.268 e. The number of halogens is 1. The van der Waals surface area contributed by atoms with Crippen molar-refractivity contribution in [1.29, 1.82) is 0 Å². The predicted octanol–water partition coefficient (Wildman–Crippen LogP) is -0.0834. The second-order valence-electron chi connectivity index (χ2n) is 4.38. The highest BCUT2D eigenvalue weighted by atomic mass is 35.5. The van der Waals surface area contributed by atoms with Gasteiger partial charge in [-0.3, -0.25) is 15.4 Å². The van der Waals surface area contributed by atoms with E-state index in [2.05, 4.69) is 5.32 Å². The summed E-state index contributed by atoms with van der Waals surface area (Å²) < 4.78 is 0. The molecule has 1 aliphatic carbocycles. The maximum atomic E-state index is 11.2.